The number of hydrogen-bond donors (Lipinski definition) is 1. The van der Waals surface area contributed by atoms with Crippen LogP contribution < -0.4 is 0 Å². The molecule has 1 unspecified atom stereocenters. The van der Waals surface area contributed by atoms with Gasteiger partial charge in [0.05, 0.1) is 6.61 Å². The first-order valence-corrected chi connectivity index (χ1v) is 6.86. The van der Waals surface area contributed by atoms with E-state index < -0.39 is 5.60 Å². The molecular weight excluding hydrogens is 224 g/mol. The number of fused-ring (bicyclic) bond motifs is 1. The Morgan fingerprint density at radius 2 is 1.94 bits per heavy atom. The zero-order valence-corrected chi connectivity index (χ0v) is 10.9. The molecule has 18 heavy (non-hydrogen) atoms. The fraction of sp³-hybridized carbons (Fsp3) is 0.500. The molecule has 1 atom stereocenters. The molecule has 1 aromatic carbocycles. The van der Waals surface area contributed by atoms with Gasteiger partial charge in [-0.25, -0.2) is 0 Å². The molecule has 0 saturated heterocycles. The summed E-state index contributed by atoms with van der Waals surface area (Å²) >= 11 is 0. The lowest BCUT2D eigenvalue weighted by Gasteiger charge is -2.27. The molecule has 2 nitrogen and oxygen atoms in total. The van der Waals surface area contributed by atoms with Gasteiger partial charge in [0.25, 0.3) is 0 Å². The van der Waals surface area contributed by atoms with Crippen molar-refractivity contribution in [1.29, 1.82) is 0 Å². The summed E-state index contributed by atoms with van der Waals surface area (Å²) in [5.74, 6) is 0.707. The van der Waals surface area contributed by atoms with E-state index in [1.807, 2.05) is 19.1 Å². The second kappa shape index (κ2) is 4.43. The molecule has 1 aliphatic carbocycles. The minimum atomic E-state index is -0.983. The van der Waals surface area contributed by atoms with Crippen LogP contribution in [0.4, 0.5) is 0 Å². The maximum Gasteiger partial charge on any atom is 0.143 e. The van der Waals surface area contributed by atoms with E-state index in [9.17, 15) is 5.11 Å². The summed E-state index contributed by atoms with van der Waals surface area (Å²) in [5, 5.41) is 10.7. The van der Waals surface area contributed by atoms with Gasteiger partial charge in [-0.2, -0.15) is 0 Å². The SMILES string of the molecule is CC(O)(C1=CCCO1)c1ccc2c(c1)CCCC2. The maximum absolute atomic E-state index is 10.7. The molecule has 0 spiro atoms. The highest BCUT2D eigenvalue weighted by Gasteiger charge is 2.32. The van der Waals surface area contributed by atoms with Gasteiger partial charge >= 0.3 is 0 Å². The number of rotatable bonds is 2. The summed E-state index contributed by atoms with van der Waals surface area (Å²) in [7, 11) is 0. The lowest BCUT2D eigenvalue weighted by atomic mass is 9.85. The van der Waals surface area contributed by atoms with Crippen molar-refractivity contribution < 1.29 is 9.84 Å². The summed E-state index contributed by atoms with van der Waals surface area (Å²) in [4.78, 5) is 0. The molecule has 1 N–H and O–H groups in total. The van der Waals surface area contributed by atoms with Crippen LogP contribution >= 0.6 is 0 Å². The molecule has 2 heteroatoms. The lowest BCUT2D eigenvalue weighted by Crippen LogP contribution is -2.25. The first kappa shape index (κ1) is 11.8. The standard InChI is InChI=1S/C16H20O2/c1-16(17,15-7-4-10-18-15)14-9-8-12-5-2-3-6-13(12)11-14/h7-9,11,17H,2-6,10H2,1H3. The highest BCUT2D eigenvalue weighted by Crippen LogP contribution is 2.34. The molecule has 3 rings (SSSR count). The van der Waals surface area contributed by atoms with Crippen LogP contribution in [0.5, 0.6) is 0 Å². The van der Waals surface area contributed by atoms with Crippen molar-refractivity contribution in [3.05, 3.63) is 46.7 Å². The maximum atomic E-state index is 10.7. The van der Waals surface area contributed by atoms with Crippen LogP contribution in [0, 0.1) is 0 Å². The molecule has 0 amide bonds. The van der Waals surface area contributed by atoms with Crippen LogP contribution in [0.1, 0.15) is 42.9 Å². The van der Waals surface area contributed by atoms with Crippen LogP contribution in [-0.4, -0.2) is 11.7 Å². The zero-order chi connectivity index (χ0) is 12.6. The van der Waals surface area contributed by atoms with Gasteiger partial charge in [-0.1, -0.05) is 18.2 Å². The fourth-order valence-corrected chi connectivity index (χ4v) is 2.94. The summed E-state index contributed by atoms with van der Waals surface area (Å²) in [6, 6.07) is 6.39. The highest BCUT2D eigenvalue weighted by atomic mass is 16.5. The Morgan fingerprint density at radius 3 is 2.67 bits per heavy atom. The van der Waals surface area contributed by atoms with Gasteiger partial charge in [-0.15, -0.1) is 0 Å². The van der Waals surface area contributed by atoms with E-state index in [4.69, 9.17) is 4.74 Å². The molecule has 0 aromatic heterocycles. The third-order valence-corrected chi connectivity index (χ3v) is 4.10. The Hall–Kier alpha value is -1.28. The van der Waals surface area contributed by atoms with Gasteiger partial charge in [0, 0.05) is 6.42 Å². The normalized spacial score (nSPS) is 21.8. The van der Waals surface area contributed by atoms with Crippen molar-refractivity contribution in [2.45, 2.75) is 44.6 Å². The minimum absolute atomic E-state index is 0.691. The largest absolute Gasteiger partial charge is 0.495 e. The quantitative estimate of drug-likeness (QED) is 0.866. The number of ether oxygens (including phenoxy) is 1. The van der Waals surface area contributed by atoms with Gasteiger partial charge in [-0.05, 0) is 55.4 Å². The van der Waals surface area contributed by atoms with E-state index in [1.165, 1.54) is 30.4 Å². The average Bonchev–Trinajstić information content (AvgIpc) is 2.92. The average molecular weight is 244 g/mol. The first-order valence-electron chi connectivity index (χ1n) is 6.86. The van der Waals surface area contributed by atoms with E-state index in [2.05, 4.69) is 12.1 Å². The molecule has 96 valence electrons. The van der Waals surface area contributed by atoms with Crippen LogP contribution in [0.2, 0.25) is 0 Å². The Labute approximate surface area is 108 Å². The molecule has 1 aliphatic heterocycles. The van der Waals surface area contributed by atoms with E-state index in [0.29, 0.717) is 12.4 Å². The van der Waals surface area contributed by atoms with Crippen LogP contribution in [-0.2, 0) is 23.2 Å². The molecule has 0 radical (unpaired) electrons. The summed E-state index contributed by atoms with van der Waals surface area (Å²) in [6.45, 7) is 2.52. The van der Waals surface area contributed by atoms with Crippen molar-refractivity contribution in [1.82, 2.24) is 0 Å². The van der Waals surface area contributed by atoms with Crippen molar-refractivity contribution in [3.63, 3.8) is 0 Å². The van der Waals surface area contributed by atoms with Crippen molar-refractivity contribution in [3.8, 4) is 0 Å². The minimum Gasteiger partial charge on any atom is -0.495 e. The Kier molecular flexibility index (Phi) is 2.90. The van der Waals surface area contributed by atoms with Crippen LogP contribution in [0.3, 0.4) is 0 Å². The van der Waals surface area contributed by atoms with Crippen molar-refractivity contribution >= 4 is 0 Å². The molecule has 0 bridgehead atoms. The highest BCUT2D eigenvalue weighted by molar-refractivity contribution is 5.39. The summed E-state index contributed by atoms with van der Waals surface area (Å²) in [6.07, 6.45) is 7.76. The lowest BCUT2D eigenvalue weighted by molar-refractivity contribution is 0.0316. The van der Waals surface area contributed by atoms with Crippen molar-refractivity contribution in [2.24, 2.45) is 0 Å². The van der Waals surface area contributed by atoms with Gasteiger partial charge in [-0.3, -0.25) is 0 Å². The predicted molar refractivity (Wildman–Crippen MR) is 71.3 cm³/mol. The second-order valence-corrected chi connectivity index (χ2v) is 5.47. The number of benzene rings is 1. The molecule has 0 fully saturated rings. The van der Waals surface area contributed by atoms with Crippen LogP contribution in [0.25, 0.3) is 0 Å². The number of aryl methyl sites for hydroxylation is 2. The van der Waals surface area contributed by atoms with Crippen LogP contribution in [0.15, 0.2) is 30.0 Å². The van der Waals surface area contributed by atoms with E-state index >= 15 is 0 Å². The Morgan fingerprint density at radius 1 is 1.17 bits per heavy atom. The first-order chi connectivity index (χ1) is 8.68. The fourth-order valence-electron chi connectivity index (χ4n) is 2.94. The topological polar surface area (TPSA) is 29.5 Å². The molecule has 0 saturated carbocycles. The second-order valence-electron chi connectivity index (χ2n) is 5.47. The van der Waals surface area contributed by atoms with Gasteiger partial charge < -0.3 is 9.84 Å². The molecule has 1 heterocycles. The molecular formula is C16H20O2. The van der Waals surface area contributed by atoms with E-state index in [1.54, 1.807) is 0 Å². The Balaban J connectivity index is 1.96. The Bertz CT molecular complexity index is 486. The summed E-state index contributed by atoms with van der Waals surface area (Å²) in [5.41, 5.74) is 2.82. The van der Waals surface area contributed by atoms with Gasteiger partial charge in [0.1, 0.15) is 11.4 Å². The predicted octanol–water partition coefficient (Wildman–Crippen LogP) is 3.08. The van der Waals surface area contributed by atoms with Crippen molar-refractivity contribution in [2.75, 3.05) is 6.61 Å². The summed E-state index contributed by atoms with van der Waals surface area (Å²) < 4.78 is 5.53. The third kappa shape index (κ3) is 1.95. The van der Waals surface area contributed by atoms with E-state index in [-0.39, 0.29) is 0 Å². The van der Waals surface area contributed by atoms with Gasteiger partial charge in [0.15, 0.2) is 0 Å². The monoisotopic (exact) mass is 244 g/mol. The molecule has 2 aliphatic rings. The smallest absolute Gasteiger partial charge is 0.143 e. The zero-order valence-electron chi connectivity index (χ0n) is 10.9. The number of hydrogen-bond acceptors (Lipinski definition) is 2. The third-order valence-electron chi connectivity index (χ3n) is 4.10. The molecule has 1 aromatic rings. The number of aliphatic hydroxyl groups is 1. The van der Waals surface area contributed by atoms with E-state index in [0.717, 1.165) is 18.4 Å². The van der Waals surface area contributed by atoms with Gasteiger partial charge in [0.2, 0.25) is 0 Å².